The van der Waals surface area contributed by atoms with Crippen LogP contribution in [0, 0.1) is 5.92 Å². The van der Waals surface area contributed by atoms with Crippen molar-refractivity contribution >= 4 is 19.9 Å². The van der Waals surface area contributed by atoms with E-state index in [1.54, 1.807) is 6.92 Å². The lowest BCUT2D eigenvalue weighted by Gasteiger charge is -2.31. The lowest BCUT2D eigenvalue weighted by Crippen LogP contribution is -2.42. The second kappa shape index (κ2) is 5.85. The minimum absolute atomic E-state index is 0.0252. The van der Waals surface area contributed by atoms with Gasteiger partial charge in [-0.1, -0.05) is 0 Å². The predicted molar refractivity (Wildman–Crippen MR) is 71.4 cm³/mol. The van der Waals surface area contributed by atoms with Gasteiger partial charge in [-0.25, -0.2) is 21.1 Å². The molecule has 0 spiro atoms. The number of rotatable bonds is 5. The molecule has 0 amide bonds. The second-order valence-corrected chi connectivity index (χ2v) is 9.45. The fraction of sp³-hybridized carbons (Fsp3) is 1.00. The van der Waals surface area contributed by atoms with Gasteiger partial charge in [-0.3, -0.25) is 0 Å². The standard InChI is InChI=1S/C10H22N2O4S2/c1-9(6-11)18(15,16)8-10-4-3-5-12(7-10)17(2,13)14/h9-10H,3-8,11H2,1-2H3. The molecule has 1 saturated heterocycles. The number of hydrogen-bond donors (Lipinski definition) is 1. The van der Waals surface area contributed by atoms with Crippen LogP contribution in [0.4, 0.5) is 0 Å². The highest BCUT2D eigenvalue weighted by atomic mass is 32.2. The highest BCUT2D eigenvalue weighted by molar-refractivity contribution is 7.92. The van der Waals surface area contributed by atoms with Crippen molar-refractivity contribution in [3.05, 3.63) is 0 Å². The van der Waals surface area contributed by atoms with E-state index in [1.807, 2.05) is 0 Å². The Balaban J connectivity index is 2.69. The van der Waals surface area contributed by atoms with Crippen LogP contribution in [0.2, 0.25) is 0 Å². The van der Waals surface area contributed by atoms with Crippen LogP contribution in [0.1, 0.15) is 19.8 Å². The summed E-state index contributed by atoms with van der Waals surface area (Å²) >= 11 is 0. The van der Waals surface area contributed by atoms with Crippen LogP contribution in [-0.2, 0) is 19.9 Å². The highest BCUT2D eigenvalue weighted by Gasteiger charge is 2.30. The highest BCUT2D eigenvalue weighted by Crippen LogP contribution is 2.21. The smallest absolute Gasteiger partial charge is 0.211 e. The topological polar surface area (TPSA) is 97.5 Å². The van der Waals surface area contributed by atoms with Gasteiger partial charge < -0.3 is 5.73 Å². The van der Waals surface area contributed by atoms with E-state index >= 15 is 0 Å². The predicted octanol–water partition coefficient (Wildman–Crippen LogP) is -0.580. The van der Waals surface area contributed by atoms with Gasteiger partial charge >= 0.3 is 0 Å². The Kier molecular flexibility index (Phi) is 5.16. The SMILES string of the molecule is CC(CN)S(=O)(=O)CC1CCCN(S(C)(=O)=O)C1. The van der Waals surface area contributed by atoms with E-state index in [2.05, 4.69) is 0 Å². The Morgan fingerprint density at radius 2 is 1.94 bits per heavy atom. The van der Waals surface area contributed by atoms with E-state index in [1.165, 1.54) is 4.31 Å². The van der Waals surface area contributed by atoms with Gasteiger partial charge in [0.15, 0.2) is 9.84 Å². The molecule has 0 aromatic carbocycles. The summed E-state index contributed by atoms with van der Waals surface area (Å²) in [6.45, 7) is 2.48. The first-order valence-electron chi connectivity index (χ1n) is 6.03. The summed E-state index contributed by atoms with van der Waals surface area (Å²) < 4.78 is 48.1. The van der Waals surface area contributed by atoms with E-state index in [9.17, 15) is 16.8 Å². The number of nitrogens with zero attached hydrogens (tertiary/aromatic N) is 1. The Bertz CT molecular complexity index is 472. The maximum absolute atomic E-state index is 11.9. The van der Waals surface area contributed by atoms with Crippen molar-refractivity contribution in [2.24, 2.45) is 11.7 Å². The molecule has 0 saturated carbocycles. The van der Waals surface area contributed by atoms with Crippen LogP contribution >= 0.6 is 0 Å². The zero-order valence-electron chi connectivity index (χ0n) is 10.9. The molecule has 0 aromatic rings. The lowest BCUT2D eigenvalue weighted by molar-refractivity contribution is 0.283. The Morgan fingerprint density at radius 3 is 2.44 bits per heavy atom. The molecule has 2 atom stereocenters. The van der Waals surface area contributed by atoms with Gasteiger partial charge in [0.1, 0.15) is 0 Å². The first-order chi connectivity index (χ1) is 8.16. The average molecular weight is 298 g/mol. The van der Waals surface area contributed by atoms with Gasteiger partial charge in [-0.2, -0.15) is 0 Å². The summed E-state index contributed by atoms with van der Waals surface area (Å²) in [7, 11) is -6.45. The number of sulfone groups is 1. The molecular formula is C10H22N2O4S2. The van der Waals surface area contributed by atoms with Crippen LogP contribution in [0.3, 0.4) is 0 Å². The van der Waals surface area contributed by atoms with Crippen LogP contribution in [0.15, 0.2) is 0 Å². The van der Waals surface area contributed by atoms with Crippen molar-refractivity contribution in [3.63, 3.8) is 0 Å². The molecule has 2 unspecified atom stereocenters. The number of nitrogens with two attached hydrogens (primary N) is 1. The van der Waals surface area contributed by atoms with Crippen molar-refractivity contribution in [2.45, 2.75) is 25.0 Å². The van der Waals surface area contributed by atoms with Crippen LogP contribution in [0.5, 0.6) is 0 Å². The summed E-state index contributed by atoms with van der Waals surface area (Å²) in [5, 5.41) is -0.564. The van der Waals surface area contributed by atoms with Crippen molar-refractivity contribution in [3.8, 4) is 0 Å². The molecule has 1 aliphatic heterocycles. The first-order valence-corrected chi connectivity index (χ1v) is 9.60. The normalized spacial score (nSPS) is 24.9. The molecule has 1 aliphatic rings. The number of piperidine rings is 1. The molecule has 0 aromatic heterocycles. The molecule has 108 valence electrons. The molecule has 0 radical (unpaired) electrons. The quantitative estimate of drug-likeness (QED) is 0.732. The summed E-state index contributed by atoms with van der Waals surface area (Å²) in [6.07, 6.45) is 2.62. The molecule has 6 nitrogen and oxygen atoms in total. The third-order valence-electron chi connectivity index (χ3n) is 3.36. The van der Waals surface area contributed by atoms with E-state index in [0.29, 0.717) is 19.5 Å². The van der Waals surface area contributed by atoms with E-state index in [-0.39, 0.29) is 18.2 Å². The molecule has 18 heavy (non-hydrogen) atoms. The number of hydrogen-bond acceptors (Lipinski definition) is 5. The summed E-state index contributed by atoms with van der Waals surface area (Å²) in [6, 6.07) is 0. The Hall–Kier alpha value is -0.180. The number of sulfonamides is 1. The van der Waals surface area contributed by atoms with Gasteiger partial charge in [0.2, 0.25) is 10.0 Å². The van der Waals surface area contributed by atoms with Gasteiger partial charge in [0.05, 0.1) is 17.3 Å². The molecule has 1 heterocycles. The third kappa shape index (κ3) is 4.18. The molecule has 0 bridgehead atoms. The molecule has 1 rings (SSSR count). The van der Waals surface area contributed by atoms with Gasteiger partial charge in [-0.15, -0.1) is 0 Å². The molecule has 0 aliphatic carbocycles. The maximum Gasteiger partial charge on any atom is 0.211 e. The molecule has 8 heteroatoms. The average Bonchev–Trinajstić information content (AvgIpc) is 2.26. The molecule has 1 fully saturated rings. The van der Waals surface area contributed by atoms with Crippen LogP contribution in [-0.4, -0.2) is 58.0 Å². The summed E-state index contributed by atoms with van der Waals surface area (Å²) in [4.78, 5) is 0. The maximum atomic E-state index is 11.9. The van der Waals surface area contributed by atoms with Gasteiger partial charge in [0, 0.05) is 19.6 Å². The fourth-order valence-corrected chi connectivity index (χ4v) is 4.60. The second-order valence-electron chi connectivity index (χ2n) is 5.01. The van der Waals surface area contributed by atoms with E-state index < -0.39 is 25.1 Å². The lowest BCUT2D eigenvalue weighted by atomic mass is 10.0. The van der Waals surface area contributed by atoms with Crippen LogP contribution in [0.25, 0.3) is 0 Å². The molecular weight excluding hydrogens is 276 g/mol. The van der Waals surface area contributed by atoms with E-state index in [0.717, 1.165) is 12.7 Å². The minimum atomic E-state index is -3.23. The third-order valence-corrected chi connectivity index (χ3v) is 6.99. The fourth-order valence-electron chi connectivity index (χ4n) is 2.10. The summed E-state index contributed by atoms with van der Waals surface area (Å²) in [5.41, 5.74) is 5.37. The zero-order valence-corrected chi connectivity index (χ0v) is 12.5. The van der Waals surface area contributed by atoms with Gasteiger partial charge in [-0.05, 0) is 25.7 Å². The Morgan fingerprint density at radius 1 is 1.33 bits per heavy atom. The van der Waals surface area contributed by atoms with Crippen molar-refractivity contribution in [1.82, 2.24) is 4.31 Å². The van der Waals surface area contributed by atoms with Crippen LogP contribution < -0.4 is 5.73 Å². The first kappa shape index (κ1) is 15.9. The van der Waals surface area contributed by atoms with Gasteiger partial charge in [0.25, 0.3) is 0 Å². The largest absolute Gasteiger partial charge is 0.329 e. The van der Waals surface area contributed by atoms with E-state index in [4.69, 9.17) is 5.73 Å². The van der Waals surface area contributed by atoms with Crippen molar-refractivity contribution in [1.29, 1.82) is 0 Å². The Labute approximate surface area is 110 Å². The van der Waals surface area contributed by atoms with Crippen molar-refractivity contribution in [2.75, 3.05) is 31.6 Å². The van der Waals surface area contributed by atoms with Crippen molar-refractivity contribution < 1.29 is 16.8 Å². The minimum Gasteiger partial charge on any atom is -0.329 e. The zero-order chi connectivity index (χ0) is 14.0. The summed E-state index contributed by atoms with van der Waals surface area (Å²) in [5.74, 6) is -0.0929. The molecule has 2 N–H and O–H groups in total. The monoisotopic (exact) mass is 298 g/mol.